The van der Waals surface area contributed by atoms with Crippen molar-refractivity contribution >= 4 is 28.8 Å². The molecule has 0 N–H and O–H groups in total. The second-order valence-electron chi connectivity index (χ2n) is 3.70. The minimum Gasteiger partial charge on any atom is -0.0827 e. The van der Waals surface area contributed by atoms with E-state index in [9.17, 15) is 0 Å². The van der Waals surface area contributed by atoms with Gasteiger partial charge in [-0.3, -0.25) is 0 Å². The predicted octanol–water partition coefficient (Wildman–Crippen LogP) is 5.45. The van der Waals surface area contributed by atoms with Crippen LogP contribution in [0.25, 0.3) is 5.57 Å². The molecule has 0 amide bonds. The molecule has 0 aromatic heterocycles. The van der Waals surface area contributed by atoms with Crippen LogP contribution in [0.3, 0.4) is 0 Å². The summed E-state index contributed by atoms with van der Waals surface area (Å²) >= 11 is 12.0. The molecule has 0 saturated carbocycles. The minimum atomic E-state index is 0.582. The zero-order valence-corrected chi connectivity index (χ0v) is 11.0. The Balaban J connectivity index is 2.47. The molecule has 0 aliphatic heterocycles. The van der Waals surface area contributed by atoms with Gasteiger partial charge in [0.05, 0.1) is 10.0 Å². The lowest BCUT2D eigenvalue weighted by Gasteiger charge is -2.08. The van der Waals surface area contributed by atoms with Gasteiger partial charge in [0, 0.05) is 0 Å². The van der Waals surface area contributed by atoms with Crippen LogP contribution in [0.15, 0.2) is 54.6 Å². The van der Waals surface area contributed by atoms with Crippen LogP contribution in [-0.4, -0.2) is 0 Å². The molecule has 0 bridgehead atoms. The van der Waals surface area contributed by atoms with Crippen LogP contribution in [0.5, 0.6) is 0 Å². The molecular weight excluding hydrogens is 251 g/mol. The maximum Gasteiger partial charge on any atom is 0.0598 e. The van der Waals surface area contributed by atoms with Crippen LogP contribution in [0.2, 0.25) is 10.0 Å². The van der Waals surface area contributed by atoms with Gasteiger partial charge in [-0.25, -0.2) is 0 Å². The minimum absolute atomic E-state index is 0.582. The molecule has 17 heavy (non-hydrogen) atoms. The molecule has 0 fully saturated rings. The maximum absolute atomic E-state index is 6.04. The fourth-order valence-electron chi connectivity index (χ4n) is 1.78. The van der Waals surface area contributed by atoms with Gasteiger partial charge in [-0.15, -0.1) is 0 Å². The standard InChI is InChI=1S/C15H12Cl2/c1-2-13(11-6-4-3-5-7-11)12-8-9-14(16)15(17)10-12/h2-10H,1H3/b13-2+. The van der Waals surface area contributed by atoms with Gasteiger partial charge in [0.15, 0.2) is 0 Å². The van der Waals surface area contributed by atoms with Crippen molar-refractivity contribution in [3.8, 4) is 0 Å². The summed E-state index contributed by atoms with van der Waals surface area (Å²) < 4.78 is 0. The molecule has 0 aliphatic rings. The molecule has 2 aromatic carbocycles. The smallest absolute Gasteiger partial charge is 0.0598 e. The highest BCUT2D eigenvalue weighted by Gasteiger charge is 2.05. The van der Waals surface area contributed by atoms with E-state index < -0.39 is 0 Å². The highest BCUT2D eigenvalue weighted by atomic mass is 35.5. The van der Waals surface area contributed by atoms with E-state index in [4.69, 9.17) is 23.2 Å². The van der Waals surface area contributed by atoms with Gasteiger partial charge < -0.3 is 0 Å². The molecule has 0 nitrogen and oxygen atoms in total. The van der Waals surface area contributed by atoms with E-state index in [1.807, 2.05) is 43.3 Å². The second kappa shape index (κ2) is 5.39. The SMILES string of the molecule is C/C=C(\c1ccccc1)c1ccc(Cl)c(Cl)c1. The number of hydrogen-bond donors (Lipinski definition) is 0. The average molecular weight is 263 g/mol. The van der Waals surface area contributed by atoms with Gasteiger partial charge in [0.2, 0.25) is 0 Å². The van der Waals surface area contributed by atoms with Crippen molar-refractivity contribution in [1.29, 1.82) is 0 Å². The molecule has 0 heterocycles. The average Bonchev–Trinajstić information content (AvgIpc) is 2.36. The Morgan fingerprint density at radius 2 is 1.59 bits per heavy atom. The maximum atomic E-state index is 6.04. The molecule has 86 valence electrons. The third-order valence-electron chi connectivity index (χ3n) is 2.60. The Labute approximate surface area is 112 Å². The van der Waals surface area contributed by atoms with Crippen LogP contribution < -0.4 is 0 Å². The summed E-state index contributed by atoms with van der Waals surface area (Å²) in [6.07, 6.45) is 2.08. The second-order valence-corrected chi connectivity index (χ2v) is 4.51. The number of hydrogen-bond acceptors (Lipinski definition) is 0. The van der Waals surface area contributed by atoms with E-state index in [1.165, 1.54) is 5.56 Å². The lowest BCUT2D eigenvalue weighted by Crippen LogP contribution is -1.87. The summed E-state index contributed by atoms with van der Waals surface area (Å²) in [6.45, 7) is 2.02. The first-order valence-electron chi connectivity index (χ1n) is 5.39. The third kappa shape index (κ3) is 2.71. The normalized spacial score (nSPS) is 11.6. The highest BCUT2D eigenvalue weighted by Crippen LogP contribution is 2.29. The molecule has 0 saturated heterocycles. The lowest BCUT2D eigenvalue weighted by atomic mass is 9.98. The molecule has 0 radical (unpaired) electrons. The zero-order valence-electron chi connectivity index (χ0n) is 9.45. The predicted molar refractivity (Wildman–Crippen MR) is 75.7 cm³/mol. The van der Waals surface area contributed by atoms with E-state index in [-0.39, 0.29) is 0 Å². The van der Waals surface area contributed by atoms with Crippen LogP contribution in [0.1, 0.15) is 18.1 Å². The van der Waals surface area contributed by atoms with Gasteiger partial charge in [-0.2, -0.15) is 0 Å². The Morgan fingerprint density at radius 3 is 2.18 bits per heavy atom. The van der Waals surface area contributed by atoms with Crippen LogP contribution in [0.4, 0.5) is 0 Å². The van der Waals surface area contributed by atoms with Crippen molar-refractivity contribution in [2.75, 3.05) is 0 Å². The van der Waals surface area contributed by atoms with E-state index in [0.29, 0.717) is 10.0 Å². The number of rotatable bonds is 2. The molecule has 0 atom stereocenters. The van der Waals surface area contributed by atoms with E-state index >= 15 is 0 Å². The lowest BCUT2D eigenvalue weighted by molar-refractivity contribution is 1.53. The first-order valence-corrected chi connectivity index (χ1v) is 6.15. The molecule has 0 unspecified atom stereocenters. The van der Waals surface area contributed by atoms with Gasteiger partial charge >= 0.3 is 0 Å². The summed E-state index contributed by atoms with van der Waals surface area (Å²) in [5.41, 5.74) is 3.41. The molecule has 0 aliphatic carbocycles. The highest BCUT2D eigenvalue weighted by molar-refractivity contribution is 6.42. The summed E-state index contributed by atoms with van der Waals surface area (Å²) in [5, 5.41) is 1.17. The monoisotopic (exact) mass is 262 g/mol. The third-order valence-corrected chi connectivity index (χ3v) is 3.34. The van der Waals surface area contributed by atoms with Crippen LogP contribution in [0, 0.1) is 0 Å². The van der Waals surface area contributed by atoms with Crippen molar-refractivity contribution in [3.05, 3.63) is 75.8 Å². The Kier molecular flexibility index (Phi) is 3.88. The van der Waals surface area contributed by atoms with Crippen molar-refractivity contribution in [1.82, 2.24) is 0 Å². The number of allylic oxidation sites excluding steroid dienone is 1. The van der Waals surface area contributed by atoms with E-state index in [1.54, 1.807) is 0 Å². The Hall–Kier alpha value is -1.24. The summed E-state index contributed by atoms with van der Waals surface area (Å²) in [7, 11) is 0. The van der Waals surface area contributed by atoms with E-state index in [0.717, 1.165) is 11.1 Å². The topological polar surface area (TPSA) is 0 Å². The van der Waals surface area contributed by atoms with Gasteiger partial charge in [0.1, 0.15) is 0 Å². The zero-order chi connectivity index (χ0) is 12.3. The van der Waals surface area contributed by atoms with Crippen molar-refractivity contribution in [2.45, 2.75) is 6.92 Å². The first kappa shape index (κ1) is 12.2. The fourth-order valence-corrected chi connectivity index (χ4v) is 2.08. The van der Waals surface area contributed by atoms with Gasteiger partial charge in [0.25, 0.3) is 0 Å². The molecule has 0 spiro atoms. The number of benzene rings is 2. The summed E-state index contributed by atoms with van der Waals surface area (Å²) in [6, 6.07) is 15.9. The van der Waals surface area contributed by atoms with Crippen LogP contribution >= 0.6 is 23.2 Å². The molecule has 2 rings (SSSR count). The number of halogens is 2. The van der Waals surface area contributed by atoms with Crippen LogP contribution in [-0.2, 0) is 0 Å². The van der Waals surface area contributed by atoms with Crippen molar-refractivity contribution in [2.24, 2.45) is 0 Å². The first-order chi connectivity index (χ1) is 8.22. The van der Waals surface area contributed by atoms with Gasteiger partial charge in [-0.05, 0) is 35.8 Å². The molecular formula is C15H12Cl2. The van der Waals surface area contributed by atoms with Gasteiger partial charge in [-0.1, -0.05) is 65.7 Å². The quantitative estimate of drug-likeness (QED) is 0.676. The van der Waals surface area contributed by atoms with E-state index in [2.05, 4.69) is 18.2 Å². The Morgan fingerprint density at radius 1 is 0.882 bits per heavy atom. The molecule has 2 heteroatoms. The fraction of sp³-hybridized carbons (Fsp3) is 0.0667. The molecule has 2 aromatic rings. The Bertz CT molecular complexity index is 542. The van der Waals surface area contributed by atoms with Crippen molar-refractivity contribution < 1.29 is 0 Å². The summed E-state index contributed by atoms with van der Waals surface area (Å²) in [5.74, 6) is 0. The summed E-state index contributed by atoms with van der Waals surface area (Å²) in [4.78, 5) is 0. The largest absolute Gasteiger partial charge is 0.0827 e. The van der Waals surface area contributed by atoms with Crippen molar-refractivity contribution in [3.63, 3.8) is 0 Å².